The van der Waals surface area contributed by atoms with Gasteiger partial charge in [0, 0.05) is 29.3 Å². The number of hydrogen-bond donors (Lipinski definition) is 2. The van der Waals surface area contributed by atoms with Crippen LogP contribution >= 0.6 is 0 Å². The Hall–Kier alpha value is -2.56. The van der Waals surface area contributed by atoms with Crippen molar-refractivity contribution in [3.63, 3.8) is 0 Å². The second-order valence-electron chi connectivity index (χ2n) is 10.1. The first kappa shape index (κ1) is 17.5. The van der Waals surface area contributed by atoms with E-state index in [0.29, 0.717) is 0 Å². The van der Waals surface area contributed by atoms with Gasteiger partial charge in [-0.15, -0.1) is 0 Å². The van der Waals surface area contributed by atoms with Gasteiger partial charge in [-0.05, 0) is 67.3 Å². The highest BCUT2D eigenvalue weighted by Gasteiger charge is 2.45. The molecule has 2 N–H and O–H groups in total. The Kier molecular flexibility index (Phi) is 3.44. The summed E-state index contributed by atoms with van der Waals surface area (Å²) >= 11 is 0. The molecule has 146 valence electrons. The normalized spacial score (nSPS) is 18.2. The quantitative estimate of drug-likeness (QED) is 0.645. The number of benzene rings is 1. The molecular weight excluding hydrogens is 348 g/mol. The second kappa shape index (κ2) is 5.49. The van der Waals surface area contributed by atoms with E-state index in [-0.39, 0.29) is 11.3 Å². The zero-order chi connectivity index (χ0) is 19.8. The number of fused-ring (bicyclic) bond motifs is 6. The molecule has 5 rings (SSSR count). The summed E-state index contributed by atoms with van der Waals surface area (Å²) in [6.07, 6.45) is 5.20. The van der Waals surface area contributed by atoms with E-state index in [1.54, 1.807) is 0 Å². The molecule has 2 aromatic heterocycles. The highest BCUT2D eigenvalue weighted by Crippen LogP contribution is 2.46. The minimum Gasteiger partial charge on any atom is -0.353 e. The van der Waals surface area contributed by atoms with E-state index >= 15 is 0 Å². The molecule has 0 fully saturated rings. The van der Waals surface area contributed by atoms with Crippen LogP contribution in [0.5, 0.6) is 0 Å². The van der Waals surface area contributed by atoms with Crippen LogP contribution in [0.4, 0.5) is 5.69 Å². The number of aromatic nitrogens is 3. The zero-order valence-electron chi connectivity index (χ0n) is 17.4. The van der Waals surface area contributed by atoms with Gasteiger partial charge in [-0.2, -0.15) is 5.10 Å². The van der Waals surface area contributed by atoms with E-state index < -0.39 is 5.41 Å². The minimum atomic E-state index is -0.505. The number of amides is 1. The first-order valence-electron chi connectivity index (χ1n) is 10.2. The van der Waals surface area contributed by atoms with Crippen molar-refractivity contribution in [3.8, 4) is 11.4 Å². The van der Waals surface area contributed by atoms with E-state index in [4.69, 9.17) is 0 Å². The maximum absolute atomic E-state index is 13.2. The smallest absolute Gasteiger partial charge is 0.237 e. The van der Waals surface area contributed by atoms with Crippen molar-refractivity contribution in [1.82, 2.24) is 15.2 Å². The van der Waals surface area contributed by atoms with Crippen molar-refractivity contribution >= 4 is 22.5 Å². The molecule has 0 saturated heterocycles. The summed E-state index contributed by atoms with van der Waals surface area (Å²) in [6, 6.07) is 4.45. The molecule has 3 aromatic rings. The van der Waals surface area contributed by atoms with Crippen LogP contribution in [0.2, 0.25) is 0 Å². The van der Waals surface area contributed by atoms with Crippen LogP contribution in [0.1, 0.15) is 57.7 Å². The maximum Gasteiger partial charge on any atom is 0.237 e. The van der Waals surface area contributed by atoms with Gasteiger partial charge in [-0.1, -0.05) is 20.8 Å². The molecule has 5 nitrogen and oxygen atoms in total. The van der Waals surface area contributed by atoms with E-state index in [2.05, 4.69) is 48.1 Å². The molecule has 28 heavy (non-hydrogen) atoms. The van der Waals surface area contributed by atoms with Crippen LogP contribution in [-0.4, -0.2) is 27.6 Å². The highest BCUT2D eigenvalue weighted by molar-refractivity contribution is 6.10. The minimum absolute atomic E-state index is 0.0430. The molecule has 0 unspecified atom stereocenters. The third-order valence-corrected chi connectivity index (χ3v) is 6.23. The van der Waals surface area contributed by atoms with Crippen molar-refractivity contribution in [3.05, 3.63) is 35.0 Å². The van der Waals surface area contributed by atoms with Crippen LogP contribution in [0.25, 0.3) is 22.3 Å². The Morgan fingerprint density at radius 1 is 1.21 bits per heavy atom. The van der Waals surface area contributed by atoms with E-state index in [9.17, 15) is 4.79 Å². The maximum atomic E-state index is 13.2. The van der Waals surface area contributed by atoms with Crippen molar-refractivity contribution in [2.24, 2.45) is 5.41 Å². The summed E-state index contributed by atoms with van der Waals surface area (Å²) < 4.78 is 0. The number of anilines is 1. The lowest BCUT2D eigenvalue weighted by Gasteiger charge is -2.28. The number of carbonyl (C=O) groups excluding carboxylic acids is 1. The Morgan fingerprint density at radius 3 is 2.75 bits per heavy atom. The molecule has 0 radical (unpaired) electrons. The fraction of sp³-hybridized carbons (Fsp3) is 0.478. The average molecular weight is 377 g/mol. The lowest BCUT2D eigenvalue weighted by atomic mass is 9.85. The van der Waals surface area contributed by atoms with Crippen LogP contribution in [0.3, 0.4) is 0 Å². The predicted octanol–water partition coefficient (Wildman–Crippen LogP) is 4.72. The zero-order valence-corrected chi connectivity index (χ0v) is 17.4. The number of nitrogens with zero attached hydrogens (tertiary/aromatic N) is 2. The van der Waals surface area contributed by atoms with Gasteiger partial charge in [0.25, 0.3) is 0 Å². The summed E-state index contributed by atoms with van der Waals surface area (Å²) in [5.41, 5.74) is 7.64. The van der Waals surface area contributed by atoms with Crippen LogP contribution in [0.15, 0.2) is 18.3 Å². The molecular formula is C23H28N4O. The number of aromatic amines is 2. The first-order valence-corrected chi connectivity index (χ1v) is 10.2. The van der Waals surface area contributed by atoms with Crippen molar-refractivity contribution in [2.45, 2.75) is 59.3 Å². The summed E-state index contributed by atoms with van der Waals surface area (Å²) in [7, 11) is 0. The van der Waals surface area contributed by atoms with E-state index in [1.807, 2.05) is 24.9 Å². The topological polar surface area (TPSA) is 64.8 Å². The Labute approximate surface area is 165 Å². The molecule has 2 aliphatic rings. The van der Waals surface area contributed by atoms with Crippen molar-refractivity contribution < 1.29 is 4.79 Å². The number of nitrogens with one attached hydrogen (secondary N) is 2. The van der Waals surface area contributed by atoms with Gasteiger partial charge >= 0.3 is 0 Å². The van der Waals surface area contributed by atoms with E-state index in [0.717, 1.165) is 54.0 Å². The van der Waals surface area contributed by atoms with Crippen LogP contribution < -0.4 is 4.90 Å². The van der Waals surface area contributed by atoms with Gasteiger partial charge in [-0.3, -0.25) is 9.89 Å². The number of rotatable bonds is 1. The molecule has 1 aliphatic heterocycles. The largest absolute Gasteiger partial charge is 0.353 e. The molecule has 1 amide bonds. The van der Waals surface area contributed by atoms with Gasteiger partial charge in [0.15, 0.2) is 0 Å². The van der Waals surface area contributed by atoms with Crippen LogP contribution in [-0.2, 0) is 23.1 Å². The number of hydrogen-bond acceptors (Lipinski definition) is 2. The van der Waals surface area contributed by atoms with Gasteiger partial charge in [0.1, 0.15) is 5.69 Å². The lowest BCUT2D eigenvalue weighted by Crippen LogP contribution is -2.40. The predicted molar refractivity (Wildman–Crippen MR) is 113 cm³/mol. The Morgan fingerprint density at radius 2 is 2.00 bits per heavy atom. The monoisotopic (exact) mass is 376 g/mol. The number of aryl methyl sites for hydroxylation is 2. The third-order valence-electron chi connectivity index (χ3n) is 6.23. The fourth-order valence-electron chi connectivity index (χ4n) is 4.84. The van der Waals surface area contributed by atoms with E-state index in [1.165, 1.54) is 16.5 Å². The summed E-state index contributed by atoms with van der Waals surface area (Å²) in [4.78, 5) is 18.9. The van der Waals surface area contributed by atoms with Gasteiger partial charge in [-0.25, -0.2) is 0 Å². The molecule has 0 atom stereocenters. The summed E-state index contributed by atoms with van der Waals surface area (Å²) in [5, 5.41) is 8.77. The second-order valence-corrected chi connectivity index (χ2v) is 10.1. The van der Waals surface area contributed by atoms with Gasteiger partial charge < -0.3 is 9.88 Å². The number of H-pyrrole nitrogens is 2. The molecule has 0 saturated carbocycles. The molecule has 3 heterocycles. The highest BCUT2D eigenvalue weighted by atomic mass is 16.2. The number of carbonyl (C=O) groups is 1. The summed E-state index contributed by atoms with van der Waals surface area (Å²) in [5.74, 6) is 0.200. The van der Waals surface area contributed by atoms with Crippen molar-refractivity contribution in [1.29, 1.82) is 0 Å². The summed E-state index contributed by atoms with van der Waals surface area (Å²) in [6.45, 7) is 11.4. The van der Waals surface area contributed by atoms with Gasteiger partial charge in [0.2, 0.25) is 5.91 Å². The molecule has 0 bridgehead atoms. The molecule has 1 aliphatic carbocycles. The third kappa shape index (κ3) is 2.38. The molecule has 0 spiro atoms. The molecule has 5 heteroatoms. The lowest BCUT2D eigenvalue weighted by molar-refractivity contribution is -0.122. The van der Waals surface area contributed by atoms with Crippen LogP contribution in [0, 0.1) is 5.41 Å². The molecule has 1 aromatic carbocycles. The van der Waals surface area contributed by atoms with Gasteiger partial charge in [0.05, 0.1) is 11.1 Å². The Bertz CT molecular complexity index is 1110. The first-order chi connectivity index (χ1) is 13.2. The standard InChI is InChI=1S/C23H28N4O/c1-22(2,3)12-27-18-9-15-14-8-6-7-13-11-24-26-19(13)20(14)25-17(15)10-16(18)23(4,5)21(27)28/h9-11,25H,6-8,12H2,1-5H3,(H,24,26). The SMILES string of the molecule is CC(C)(C)CN1C(=O)C(C)(C)c2cc3[nH]c4c(c3cc21)CCCc1c[nH]nc1-4. The average Bonchev–Trinajstić information content (AvgIpc) is 3.22. The van der Waals surface area contributed by atoms with Crippen molar-refractivity contribution in [2.75, 3.05) is 11.4 Å². The Balaban J connectivity index is 1.74. The fourth-order valence-corrected chi connectivity index (χ4v) is 4.84.